The molecule has 14 heavy (non-hydrogen) atoms. The monoisotopic (exact) mass is 195 g/mol. The molecule has 1 rings (SSSR count). The zero-order valence-corrected chi connectivity index (χ0v) is 9.43. The first-order valence-electron chi connectivity index (χ1n) is 5.33. The van der Waals surface area contributed by atoms with Gasteiger partial charge in [0, 0.05) is 23.9 Å². The molecule has 1 aromatic rings. The van der Waals surface area contributed by atoms with E-state index in [1.54, 1.807) is 0 Å². The summed E-state index contributed by atoms with van der Waals surface area (Å²) in [7, 11) is 0. The molecule has 0 fully saturated rings. The minimum absolute atomic E-state index is 0.0995. The van der Waals surface area contributed by atoms with Crippen molar-refractivity contribution in [2.75, 3.05) is 0 Å². The molecule has 0 aliphatic carbocycles. The van der Waals surface area contributed by atoms with Crippen LogP contribution >= 0.6 is 0 Å². The number of H-pyrrole nitrogens is 1. The van der Waals surface area contributed by atoms with Crippen LogP contribution < -0.4 is 5.73 Å². The number of nitrogens with two attached hydrogens (primary N) is 1. The zero-order valence-electron chi connectivity index (χ0n) is 9.43. The highest BCUT2D eigenvalue weighted by atomic mass is 14.9. The Kier molecular flexibility index (Phi) is 3.69. The van der Waals surface area contributed by atoms with Crippen molar-refractivity contribution in [1.82, 2.24) is 9.97 Å². The van der Waals surface area contributed by atoms with Gasteiger partial charge < -0.3 is 10.7 Å². The summed E-state index contributed by atoms with van der Waals surface area (Å²) in [6.45, 7) is 6.26. The van der Waals surface area contributed by atoms with Gasteiger partial charge in [0.15, 0.2) is 0 Å². The van der Waals surface area contributed by atoms with Gasteiger partial charge in [-0.25, -0.2) is 4.98 Å². The van der Waals surface area contributed by atoms with Crippen LogP contribution in [0.5, 0.6) is 0 Å². The summed E-state index contributed by atoms with van der Waals surface area (Å²) in [6.07, 6.45) is 6.07. The maximum atomic E-state index is 5.91. The van der Waals surface area contributed by atoms with Crippen molar-refractivity contribution < 1.29 is 0 Å². The van der Waals surface area contributed by atoms with Gasteiger partial charge in [-0.15, -0.1) is 0 Å². The fraction of sp³-hybridized carbons (Fsp3) is 0.727. The van der Waals surface area contributed by atoms with Crippen LogP contribution in [-0.4, -0.2) is 15.5 Å². The lowest BCUT2D eigenvalue weighted by molar-refractivity contribution is 0.471. The smallest absolute Gasteiger partial charge is 0.106 e. The molecule has 0 amide bonds. The van der Waals surface area contributed by atoms with Gasteiger partial charge in [-0.1, -0.05) is 13.3 Å². The molecule has 3 nitrogen and oxygen atoms in total. The van der Waals surface area contributed by atoms with Gasteiger partial charge in [0.25, 0.3) is 0 Å². The number of rotatable bonds is 5. The molecule has 80 valence electrons. The summed E-state index contributed by atoms with van der Waals surface area (Å²) in [6, 6.07) is 0. The Labute approximate surface area is 86.1 Å². The van der Waals surface area contributed by atoms with E-state index in [1.165, 1.54) is 5.69 Å². The number of hydrogen-bond donors (Lipinski definition) is 2. The molecule has 0 aromatic carbocycles. The van der Waals surface area contributed by atoms with E-state index in [9.17, 15) is 0 Å². The standard InChI is InChI=1S/C11H21N3/c1-4-5-9-8-13-10(14-9)6-7-11(2,3)12/h8H,4-7,12H2,1-3H3,(H,13,14). The fourth-order valence-electron chi connectivity index (χ4n) is 1.37. The maximum Gasteiger partial charge on any atom is 0.106 e. The van der Waals surface area contributed by atoms with Crippen molar-refractivity contribution in [1.29, 1.82) is 0 Å². The first-order valence-corrected chi connectivity index (χ1v) is 5.33. The topological polar surface area (TPSA) is 54.7 Å². The average Bonchev–Trinajstić information content (AvgIpc) is 2.49. The number of aryl methyl sites for hydroxylation is 2. The van der Waals surface area contributed by atoms with Gasteiger partial charge >= 0.3 is 0 Å². The SMILES string of the molecule is CCCc1cnc(CCC(C)(C)N)[nH]1. The molecule has 0 bridgehead atoms. The molecule has 0 radical (unpaired) electrons. The third kappa shape index (κ3) is 3.92. The highest BCUT2D eigenvalue weighted by Gasteiger charge is 2.11. The Morgan fingerprint density at radius 3 is 2.71 bits per heavy atom. The number of hydrogen-bond acceptors (Lipinski definition) is 2. The Balaban J connectivity index is 2.44. The predicted molar refractivity (Wildman–Crippen MR) is 59.2 cm³/mol. The lowest BCUT2D eigenvalue weighted by Crippen LogP contribution is -2.32. The Morgan fingerprint density at radius 1 is 1.43 bits per heavy atom. The van der Waals surface area contributed by atoms with E-state index in [-0.39, 0.29) is 5.54 Å². The van der Waals surface area contributed by atoms with E-state index in [0.717, 1.165) is 31.5 Å². The minimum atomic E-state index is -0.0995. The number of nitrogens with one attached hydrogen (secondary N) is 1. The lowest BCUT2D eigenvalue weighted by Gasteiger charge is -2.16. The molecular formula is C11H21N3. The summed E-state index contributed by atoms with van der Waals surface area (Å²) in [4.78, 5) is 7.65. The molecule has 1 heterocycles. The van der Waals surface area contributed by atoms with E-state index >= 15 is 0 Å². The van der Waals surface area contributed by atoms with Crippen molar-refractivity contribution in [3.8, 4) is 0 Å². The summed E-state index contributed by atoms with van der Waals surface area (Å²) < 4.78 is 0. The van der Waals surface area contributed by atoms with Crippen LogP contribution in [0.3, 0.4) is 0 Å². The molecule has 0 spiro atoms. The molecule has 0 saturated carbocycles. The highest BCUT2D eigenvalue weighted by molar-refractivity contribution is 5.02. The summed E-state index contributed by atoms with van der Waals surface area (Å²) >= 11 is 0. The molecule has 0 saturated heterocycles. The largest absolute Gasteiger partial charge is 0.346 e. The highest BCUT2D eigenvalue weighted by Crippen LogP contribution is 2.09. The van der Waals surface area contributed by atoms with Crippen molar-refractivity contribution in [3.63, 3.8) is 0 Å². The fourth-order valence-corrected chi connectivity index (χ4v) is 1.37. The second kappa shape index (κ2) is 4.60. The molecule has 0 unspecified atom stereocenters. The van der Waals surface area contributed by atoms with E-state index in [0.29, 0.717) is 0 Å². The number of imidazole rings is 1. The predicted octanol–water partition coefficient (Wildman–Crippen LogP) is 2.03. The Bertz CT molecular complexity index is 270. The molecule has 3 N–H and O–H groups in total. The number of aromatic nitrogens is 2. The first-order chi connectivity index (χ1) is 6.51. The summed E-state index contributed by atoms with van der Waals surface area (Å²) in [5, 5.41) is 0. The van der Waals surface area contributed by atoms with Crippen molar-refractivity contribution in [2.24, 2.45) is 5.73 Å². The maximum absolute atomic E-state index is 5.91. The summed E-state index contributed by atoms with van der Waals surface area (Å²) in [5.74, 6) is 1.06. The molecule has 1 aromatic heterocycles. The Morgan fingerprint density at radius 2 is 2.14 bits per heavy atom. The van der Waals surface area contributed by atoms with E-state index in [2.05, 4.69) is 16.9 Å². The van der Waals surface area contributed by atoms with E-state index in [1.807, 2.05) is 20.0 Å². The Hall–Kier alpha value is -0.830. The molecule has 0 aliphatic rings. The van der Waals surface area contributed by atoms with Crippen molar-refractivity contribution >= 4 is 0 Å². The van der Waals surface area contributed by atoms with Crippen molar-refractivity contribution in [2.45, 2.75) is 52.0 Å². The minimum Gasteiger partial charge on any atom is -0.346 e. The van der Waals surface area contributed by atoms with Gasteiger partial charge in [0.1, 0.15) is 5.82 Å². The van der Waals surface area contributed by atoms with Gasteiger partial charge in [0.2, 0.25) is 0 Å². The van der Waals surface area contributed by atoms with Gasteiger partial charge in [0.05, 0.1) is 0 Å². The molecule has 0 aliphatic heterocycles. The second-order valence-corrected chi connectivity index (χ2v) is 4.59. The number of nitrogens with zero attached hydrogens (tertiary/aromatic N) is 1. The van der Waals surface area contributed by atoms with Crippen LogP contribution in [0.15, 0.2) is 6.20 Å². The average molecular weight is 195 g/mol. The van der Waals surface area contributed by atoms with Gasteiger partial charge in [-0.05, 0) is 26.7 Å². The van der Waals surface area contributed by atoms with Crippen LogP contribution in [0.1, 0.15) is 45.1 Å². The van der Waals surface area contributed by atoms with Crippen LogP contribution in [-0.2, 0) is 12.8 Å². The zero-order chi connectivity index (χ0) is 10.6. The normalized spacial score (nSPS) is 12.0. The van der Waals surface area contributed by atoms with Crippen molar-refractivity contribution in [3.05, 3.63) is 17.7 Å². The lowest BCUT2D eigenvalue weighted by atomic mass is 10.0. The van der Waals surface area contributed by atoms with Crippen LogP contribution in [0.4, 0.5) is 0 Å². The van der Waals surface area contributed by atoms with E-state index < -0.39 is 0 Å². The van der Waals surface area contributed by atoms with Gasteiger partial charge in [-0.3, -0.25) is 0 Å². The second-order valence-electron chi connectivity index (χ2n) is 4.59. The third-order valence-corrected chi connectivity index (χ3v) is 2.21. The van der Waals surface area contributed by atoms with Crippen LogP contribution in [0.2, 0.25) is 0 Å². The van der Waals surface area contributed by atoms with Gasteiger partial charge in [-0.2, -0.15) is 0 Å². The third-order valence-electron chi connectivity index (χ3n) is 2.21. The molecule has 3 heteroatoms. The quantitative estimate of drug-likeness (QED) is 0.755. The number of aromatic amines is 1. The van der Waals surface area contributed by atoms with E-state index in [4.69, 9.17) is 5.73 Å². The molecule has 0 atom stereocenters. The van der Waals surface area contributed by atoms with Crippen LogP contribution in [0, 0.1) is 0 Å². The molecular weight excluding hydrogens is 174 g/mol. The summed E-state index contributed by atoms with van der Waals surface area (Å²) in [5.41, 5.74) is 7.04. The van der Waals surface area contributed by atoms with Crippen LogP contribution in [0.25, 0.3) is 0 Å². The first kappa shape index (κ1) is 11.2.